The predicted octanol–water partition coefficient (Wildman–Crippen LogP) is -0.773. The number of hydrogen-bond acceptors (Lipinski definition) is 7. The van der Waals surface area contributed by atoms with E-state index in [0.29, 0.717) is 49.0 Å². The molecule has 1 aromatic rings. The molecule has 2 fully saturated rings. The fraction of sp³-hybridized carbons (Fsp3) is 0.500. The maximum Gasteiger partial charge on any atom is 1.00 e. The topological polar surface area (TPSA) is 130 Å². The molecule has 0 unspecified atom stereocenters. The van der Waals surface area contributed by atoms with Gasteiger partial charge in [-0.05, 0) is 57.1 Å². The second kappa shape index (κ2) is 11.6. The van der Waals surface area contributed by atoms with Crippen LogP contribution in [0.4, 0.5) is 5.69 Å². The smallest absolute Gasteiger partial charge is 0.488 e. The minimum absolute atomic E-state index is 0. The van der Waals surface area contributed by atoms with Crippen LogP contribution in [-0.4, -0.2) is 79.7 Å². The summed E-state index contributed by atoms with van der Waals surface area (Å²) in [5.41, 5.74) is 6.87. The molecule has 1 aliphatic carbocycles. The molecule has 1 aliphatic heterocycles. The molecule has 9 nitrogen and oxygen atoms in total. The average Bonchev–Trinajstić information content (AvgIpc) is 3.49. The number of nitrogens with zero attached hydrogens (tertiary/aromatic N) is 3. The number of carbonyl (C=O) groups is 1. The molecule has 1 aromatic carbocycles. The number of benzene rings is 1. The van der Waals surface area contributed by atoms with E-state index in [-0.39, 0.29) is 80.9 Å². The molecule has 0 spiro atoms. The summed E-state index contributed by atoms with van der Waals surface area (Å²) in [6.07, 6.45) is 3.59. The number of nitrogen functional groups attached to an aromatic ring is 1. The first-order valence-electron chi connectivity index (χ1n) is 10.4. The van der Waals surface area contributed by atoms with Crippen molar-refractivity contribution in [3.8, 4) is 5.75 Å². The molecule has 0 aromatic heterocycles. The van der Waals surface area contributed by atoms with Crippen molar-refractivity contribution in [1.82, 2.24) is 9.80 Å². The van der Waals surface area contributed by atoms with Gasteiger partial charge in [0, 0.05) is 31.5 Å². The van der Waals surface area contributed by atoms with Gasteiger partial charge < -0.3 is 30.3 Å². The second-order valence-corrected chi connectivity index (χ2v) is 8.12. The molecule has 0 bridgehead atoms. The Morgan fingerprint density at radius 3 is 2.41 bits per heavy atom. The Kier molecular flexibility index (Phi) is 9.74. The van der Waals surface area contributed by atoms with Crippen LogP contribution in [0.1, 0.15) is 25.3 Å². The molecular weight excluding hydrogens is 435 g/mol. The number of rotatable bonds is 9. The van der Waals surface area contributed by atoms with Gasteiger partial charge in [0.2, 0.25) is 5.91 Å². The maximum atomic E-state index is 12.0. The van der Waals surface area contributed by atoms with Crippen molar-refractivity contribution in [3.05, 3.63) is 41.0 Å². The van der Waals surface area contributed by atoms with Gasteiger partial charge in [0.15, 0.2) is 0 Å². The first-order chi connectivity index (χ1) is 14.8. The molecular formula is C22H31KN6O3. The number of amides is 1. The minimum Gasteiger partial charge on any atom is -0.488 e. The first-order valence-corrected chi connectivity index (χ1v) is 10.4. The largest absolute Gasteiger partial charge is 1.00 e. The van der Waals surface area contributed by atoms with Gasteiger partial charge in [0.05, 0.1) is 11.4 Å². The van der Waals surface area contributed by atoms with Crippen LogP contribution in [0.15, 0.2) is 30.1 Å². The van der Waals surface area contributed by atoms with E-state index in [1.165, 1.54) is 7.11 Å². The summed E-state index contributed by atoms with van der Waals surface area (Å²) in [5.74, 6) is 1.22. The predicted molar refractivity (Wildman–Crippen MR) is 121 cm³/mol. The van der Waals surface area contributed by atoms with Crippen LogP contribution in [0.5, 0.6) is 5.75 Å². The van der Waals surface area contributed by atoms with Crippen LogP contribution in [0.3, 0.4) is 0 Å². The van der Waals surface area contributed by atoms with Crippen molar-refractivity contribution in [2.45, 2.75) is 25.4 Å². The number of nitrogens with two attached hydrogens (primary N) is 1. The van der Waals surface area contributed by atoms with E-state index in [0.717, 1.165) is 12.8 Å². The Hall–Kier alpha value is -1.43. The molecule has 1 saturated carbocycles. The molecule has 0 radical (unpaired) electrons. The first kappa shape index (κ1) is 26.8. The molecule has 1 heterocycles. The number of hydrogen-bond donors (Lipinski definition) is 3. The molecule has 0 atom stereocenters. The van der Waals surface area contributed by atoms with E-state index in [4.69, 9.17) is 26.0 Å². The summed E-state index contributed by atoms with van der Waals surface area (Å²) < 4.78 is 10.9. The zero-order chi connectivity index (χ0) is 22.6. The Morgan fingerprint density at radius 2 is 1.84 bits per heavy atom. The van der Waals surface area contributed by atoms with E-state index in [9.17, 15) is 4.79 Å². The van der Waals surface area contributed by atoms with Gasteiger partial charge >= 0.3 is 51.4 Å². The van der Waals surface area contributed by atoms with E-state index in [1.807, 2.05) is 4.90 Å². The maximum absolute atomic E-state index is 12.0. The van der Waals surface area contributed by atoms with Crippen molar-refractivity contribution in [3.63, 3.8) is 0 Å². The van der Waals surface area contributed by atoms with Gasteiger partial charge in [-0.1, -0.05) is 12.9 Å². The summed E-state index contributed by atoms with van der Waals surface area (Å²) in [6, 6.07) is 5.24. The van der Waals surface area contributed by atoms with Gasteiger partial charge in [-0.2, -0.15) is 0 Å². The fourth-order valence-electron chi connectivity index (χ4n) is 3.42. The fourth-order valence-corrected chi connectivity index (χ4v) is 3.42. The van der Waals surface area contributed by atoms with Crippen LogP contribution in [0.25, 0.3) is 5.32 Å². The monoisotopic (exact) mass is 466 g/mol. The van der Waals surface area contributed by atoms with Crippen LogP contribution >= 0.6 is 0 Å². The SMILES string of the molecule is C[N-]/C(=C\C(=N)C(=N)c1cc(OC2(C)CC2)ccc1N)N1CCN(C(=O)COC)CC1.[K+]. The van der Waals surface area contributed by atoms with Gasteiger partial charge in [-0.15, -0.1) is 0 Å². The summed E-state index contributed by atoms with van der Waals surface area (Å²) >= 11 is 0. The second-order valence-electron chi connectivity index (χ2n) is 8.12. The van der Waals surface area contributed by atoms with Gasteiger partial charge in [-0.25, -0.2) is 0 Å². The molecule has 4 N–H and O–H groups in total. The number of piperazine rings is 1. The Bertz CT molecular complexity index is 892. The molecule has 1 amide bonds. The summed E-state index contributed by atoms with van der Waals surface area (Å²) in [4.78, 5) is 15.7. The summed E-state index contributed by atoms with van der Waals surface area (Å²) in [6.45, 7) is 4.45. The Labute approximate surface area is 232 Å². The zero-order valence-electron chi connectivity index (χ0n) is 19.4. The van der Waals surface area contributed by atoms with Crippen molar-refractivity contribution in [2.75, 3.05) is 52.7 Å². The minimum atomic E-state index is -0.135. The van der Waals surface area contributed by atoms with E-state index in [1.54, 1.807) is 36.2 Å². The number of allylic oxidation sites excluding steroid dienone is 1. The molecule has 1 saturated heterocycles. The standard InChI is InChI=1S/C22H31N6O3.K/c1-22(6-7-22)31-15-4-5-17(23)16(12-15)21(25)18(24)13-19(26-2)27-8-10-28(11-9-27)20(29)14-30-3;/h4-5,12-13H,6-11,14H2,1-3H3,(H4-,23,24,25,26);/q-1;+1. The van der Waals surface area contributed by atoms with Gasteiger partial charge in [0.25, 0.3) is 0 Å². The number of nitrogens with one attached hydrogen (secondary N) is 2. The summed E-state index contributed by atoms with van der Waals surface area (Å²) in [7, 11) is 3.16. The third kappa shape index (κ3) is 6.78. The third-order valence-electron chi connectivity index (χ3n) is 5.61. The van der Waals surface area contributed by atoms with Crippen LogP contribution in [-0.2, 0) is 9.53 Å². The van der Waals surface area contributed by atoms with E-state index < -0.39 is 0 Å². The quantitative estimate of drug-likeness (QED) is 0.250. The number of methoxy groups -OCH3 is 1. The van der Waals surface area contributed by atoms with Crippen molar-refractivity contribution in [1.29, 1.82) is 10.8 Å². The number of anilines is 1. The van der Waals surface area contributed by atoms with Crippen LogP contribution < -0.4 is 61.9 Å². The van der Waals surface area contributed by atoms with Crippen LogP contribution in [0, 0.1) is 10.8 Å². The van der Waals surface area contributed by atoms with E-state index in [2.05, 4.69) is 12.2 Å². The number of ether oxygens (including phenoxy) is 2. The third-order valence-corrected chi connectivity index (χ3v) is 5.61. The molecule has 2 aliphatic rings. The summed E-state index contributed by atoms with van der Waals surface area (Å²) in [5, 5.41) is 21.2. The Morgan fingerprint density at radius 1 is 1.22 bits per heavy atom. The van der Waals surface area contributed by atoms with Gasteiger partial charge in [0.1, 0.15) is 18.0 Å². The number of carbonyl (C=O) groups excluding carboxylic acids is 1. The van der Waals surface area contributed by atoms with E-state index >= 15 is 0 Å². The zero-order valence-corrected chi connectivity index (χ0v) is 22.5. The molecule has 32 heavy (non-hydrogen) atoms. The molecule has 3 rings (SSSR count). The van der Waals surface area contributed by atoms with Crippen LogP contribution in [0.2, 0.25) is 0 Å². The average molecular weight is 467 g/mol. The normalized spacial score (nSPS) is 17.3. The van der Waals surface area contributed by atoms with Crippen molar-refractivity contribution in [2.24, 2.45) is 0 Å². The van der Waals surface area contributed by atoms with Crippen molar-refractivity contribution >= 4 is 23.0 Å². The Balaban J connectivity index is 0.00000363. The van der Waals surface area contributed by atoms with Crippen molar-refractivity contribution < 1.29 is 65.7 Å². The molecule has 10 heteroatoms. The van der Waals surface area contributed by atoms with Gasteiger partial charge in [-0.3, -0.25) is 15.6 Å². The molecule has 168 valence electrons.